The van der Waals surface area contributed by atoms with Gasteiger partial charge in [-0.2, -0.15) is 0 Å². The molecule has 7 heteroatoms. The van der Waals surface area contributed by atoms with Gasteiger partial charge in [-0.3, -0.25) is 9.59 Å². The summed E-state index contributed by atoms with van der Waals surface area (Å²) in [5.41, 5.74) is 1.51. The van der Waals surface area contributed by atoms with Crippen LogP contribution >= 0.6 is 15.9 Å². The molecule has 0 atom stereocenters. The molecule has 0 aliphatic rings. The summed E-state index contributed by atoms with van der Waals surface area (Å²) >= 11 is 3.38. The summed E-state index contributed by atoms with van der Waals surface area (Å²) in [6.07, 6.45) is 7.81. The molecule has 0 saturated carbocycles. The van der Waals surface area contributed by atoms with Crippen molar-refractivity contribution in [2.75, 3.05) is 6.54 Å². The fourth-order valence-electron chi connectivity index (χ4n) is 3.49. The molecule has 4 aromatic rings. The fourth-order valence-corrected chi connectivity index (χ4v) is 3.89. The van der Waals surface area contributed by atoms with Crippen LogP contribution < -0.4 is 10.6 Å². The highest BCUT2D eigenvalue weighted by atomic mass is 79.9. The van der Waals surface area contributed by atoms with Gasteiger partial charge in [-0.15, -0.1) is 0 Å². The number of carbonyl (C=O) groups is 2. The number of amides is 2. The number of hydrogen-bond acceptors (Lipinski definition) is 3. The average molecular weight is 503 g/mol. The summed E-state index contributed by atoms with van der Waals surface area (Å²) in [6, 6.07) is 20.9. The second-order valence-electron chi connectivity index (χ2n) is 7.50. The van der Waals surface area contributed by atoms with E-state index in [0.717, 1.165) is 33.8 Å². The van der Waals surface area contributed by atoms with Crippen molar-refractivity contribution in [3.8, 4) is 0 Å². The second kappa shape index (κ2) is 10.7. The van der Waals surface area contributed by atoms with Gasteiger partial charge < -0.3 is 15.2 Å². The lowest BCUT2D eigenvalue weighted by molar-refractivity contribution is -0.117. The molecule has 166 valence electrons. The Morgan fingerprint density at radius 3 is 2.67 bits per heavy atom. The summed E-state index contributed by atoms with van der Waals surface area (Å²) in [6.45, 7) is 1.21. The topological polar surface area (TPSA) is 76.0 Å². The van der Waals surface area contributed by atoms with Crippen LogP contribution in [0.1, 0.15) is 22.3 Å². The van der Waals surface area contributed by atoms with Gasteiger partial charge in [-0.25, -0.2) is 4.98 Å². The fraction of sp³-hybridized carbons (Fsp3) is 0.115. The van der Waals surface area contributed by atoms with E-state index >= 15 is 0 Å². The minimum atomic E-state index is -0.351. The first-order valence-corrected chi connectivity index (χ1v) is 11.4. The summed E-state index contributed by atoms with van der Waals surface area (Å²) in [7, 11) is 0. The summed E-state index contributed by atoms with van der Waals surface area (Å²) in [5.74, 6) is -0.687. The third-order valence-electron chi connectivity index (χ3n) is 5.14. The number of halogens is 1. The van der Waals surface area contributed by atoms with Crippen molar-refractivity contribution < 1.29 is 9.59 Å². The van der Waals surface area contributed by atoms with Crippen molar-refractivity contribution in [3.05, 3.63) is 107 Å². The molecule has 6 nitrogen and oxygen atoms in total. The number of rotatable bonds is 8. The molecule has 0 aliphatic carbocycles. The molecule has 0 bridgehead atoms. The molecule has 33 heavy (non-hydrogen) atoms. The van der Waals surface area contributed by atoms with E-state index in [1.807, 2.05) is 59.3 Å². The minimum absolute atomic E-state index is 0.193. The Morgan fingerprint density at radius 1 is 1.03 bits per heavy atom. The monoisotopic (exact) mass is 502 g/mol. The number of imidazole rings is 1. The Bertz CT molecular complexity index is 1290. The number of aromatic nitrogens is 2. The largest absolute Gasteiger partial charge is 0.351 e. The second-order valence-corrected chi connectivity index (χ2v) is 8.42. The van der Waals surface area contributed by atoms with Crippen molar-refractivity contribution >= 4 is 44.6 Å². The highest BCUT2D eigenvalue weighted by Gasteiger charge is 2.15. The maximum Gasteiger partial charge on any atom is 0.267 e. The Labute approximate surface area is 200 Å². The van der Waals surface area contributed by atoms with E-state index in [1.54, 1.807) is 36.8 Å². The van der Waals surface area contributed by atoms with Gasteiger partial charge in [0.2, 0.25) is 0 Å². The van der Waals surface area contributed by atoms with E-state index in [0.29, 0.717) is 12.1 Å². The van der Waals surface area contributed by atoms with E-state index in [-0.39, 0.29) is 17.5 Å². The zero-order chi connectivity index (χ0) is 23.0. The lowest BCUT2D eigenvalue weighted by Crippen LogP contribution is -2.35. The molecule has 1 heterocycles. The Balaban J connectivity index is 1.56. The maximum atomic E-state index is 13.1. The quantitative estimate of drug-likeness (QED) is 0.269. The SMILES string of the molecule is O=C(NCCCn1ccnc1)C(=Cc1cccc2ccccc12)NC(=O)c1cccc(Br)c1. The number of fused-ring (bicyclic) bond motifs is 1. The van der Waals surface area contributed by atoms with Crippen molar-refractivity contribution in [1.29, 1.82) is 0 Å². The smallest absolute Gasteiger partial charge is 0.267 e. The molecular formula is C26H23BrN4O2. The number of benzene rings is 3. The van der Waals surface area contributed by atoms with Crippen LogP contribution in [0, 0.1) is 0 Å². The van der Waals surface area contributed by atoms with Crippen molar-refractivity contribution in [1.82, 2.24) is 20.2 Å². The van der Waals surface area contributed by atoms with Crippen molar-refractivity contribution in [2.45, 2.75) is 13.0 Å². The number of hydrogen-bond donors (Lipinski definition) is 2. The van der Waals surface area contributed by atoms with E-state index in [9.17, 15) is 9.59 Å². The number of aryl methyl sites for hydroxylation is 1. The summed E-state index contributed by atoms with van der Waals surface area (Å²) in [4.78, 5) is 30.0. The van der Waals surface area contributed by atoms with E-state index < -0.39 is 0 Å². The molecule has 0 aliphatic heterocycles. The summed E-state index contributed by atoms with van der Waals surface area (Å²) in [5, 5.41) is 7.78. The van der Waals surface area contributed by atoms with Gasteiger partial charge in [0.1, 0.15) is 5.70 Å². The zero-order valence-electron chi connectivity index (χ0n) is 17.9. The minimum Gasteiger partial charge on any atom is -0.351 e. The molecule has 2 amide bonds. The van der Waals surface area contributed by atoms with Gasteiger partial charge in [0, 0.05) is 35.5 Å². The highest BCUT2D eigenvalue weighted by Crippen LogP contribution is 2.21. The first kappa shape index (κ1) is 22.5. The van der Waals surface area contributed by atoms with Crippen LogP contribution in [0.4, 0.5) is 0 Å². The normalized spacial score (nSPS) is 11.4. The van der Waals surface area contributed by atoms with Crippen LogP contribution in [0.3, 0.4) is 0 Å². The maximum absolute atomic E-state index is 13.1. The van der Waals surface area contributed by atoms with Crippen LogP contribution in [-0.4, -0.2) is 27.9 Å². The van der Waals surface area contributed by atoms with Gasteiger partial charge >= 0.3 is 0 Å². The predicted octanol–water partition coefficient (Wildman–Crippen LogP) is 4.78. The van der Waals surface area contributed by atoms with E-state index in [2.05, 4.69) is 31.5 Å². The zero-order valence-corrected chi connectivity index (χ0v) is 19.5. The third-order valence-corrected chi connectivity index (χ3v) is 5.63. The average Bonchev–Trinajstić information content (AvgIpc) is 3.35. The Morgan fingerprint density at radius 2 is 1.85 bits per heavy atom. The lowest BCUT2D eigenvalue weighted by atomic mass is 10.0. The van der Waals surface area contributed by atoms with Gasteiger partial charge in [0.05, 0.1) is 6.33 Å². The molecular weight excluding hydrogens is 480 g/mol. The molecule has 0 radical (unpaired) electrons. The van der Waals surface area contributed by atoms with Gasteiger partial charge in [-0.1, -0.05) is 64.5 Å². The molecule has 3 aromatic carbocycles. The predicted molar refractivity (Wildman–Crippen MR) is 133 cm³/mol. The van der Waals surface area contributed by atoms with E-state index in [1.165, 1.54) is 0 Å². The Hall–Kier alpha value is -3.71. The van der Waals surface area contributed by atoms with Gasteiger partial charge in [0.15, 0.2) is 0 Å². The number of nitrogens with zero attached hydrogens (tertiary/aromatic N) is 2. The van der Waals surface area contributed by atoms with Crippen LogP contribution in [0.15, 0.2) is 95.6 Å². The first-order chi connectivity index (χ1) is 16.1. The molecule has 0 saturated heterocycles. The summed E-state index contributed by atoms with van der Waals surface area (Å²) < 4.78 is 2.74. The van der Waals surface area contributed by atoms with Gasteiger partial charge in [-0.05, 0) is 47.0 Å². The van der Waals surface area contributed by atoms with Gasteiger partial charge in [0.25, 0.3) is 11.8 Å². The molecule has 1 aromatic heterocycles. The van der Waals surface area contributed by atoms with Crippen LogP contribution in [0.2, 0.25) is 0 Å². The third kappa shape index (κ3) is 5.96. The molecule has 0 spiro atoms. The van der Waals surface area contributed by atoms with Crippen LogP contribution in [0.5, 0.6) is 0 Å². The Kier molecular flexibility index (Phi) is 7.32. The van der Waals surface area contributed by atoms with Crippen molar-refractivity contribution in [3.63, 3.8) is 0 Å². The molecule has 0 unspecified atom stereocenters. The van der Waals surface area contributed by atoms with E-state index in [4.69, 9.17) is 0 Å². The molecule has 4 rings (SSSR count). The standard InChI is InChI=1S/C26H23BrN4O2/c27-22-10-4-9-21(16-22)25(32)30-24(26(33)29-12-5-14-31-15-13-28-18-31)17-20-8-3-7-19-6-1-2-11-23(19)20/h1-4,6-11,13,15-18H,5,12,14H2,(H,29,33)(H,30,32). The van der Waals surface area contributed by atoms with Crippen LogP contribution in [-0.2, 0) is 11.3 Å². The number of nitrogens with one attached hydrogen (secondary N) is 2. The first-order valence-electron chi connectivity index (χ1n) is 10.6. The van der Waals surface area contributed by atoms with Crippen molar-refractivity contribution in [2.24, 2.45) is 0 Å². The molecule has 2 N–H and O–H groups in total. The number of carbonyl (C=O) groups excluding carboxylic acids is 2. The molecule has 0 fully saturated rings. The lowest BCUT2D eigenvalue weighted by Gasteiger charge is -2.12. The highest BCUT2D eigenvalue weighted by molar-refractivity contribution is 9.10. The van der Waals surface area contributed by atoms with Crippen LogP contribution in [0.25, 0.3) is 16.8 Å².